The van der Waals surface area contributed by atoms with E-state index in [-0.39, 0.29) is 0 Å². The second-order valence-corrected chi connectivity index (χ2v) is 5.37. The average molecular weight is 239 g/mol. The first-order valence-electron chi connectivity index (χ1n) is 6.80. The van der Waals surface area contributed by atoms with Gasteiger partial charge in [-0.15, -0.1) is 0 Å². The summed E-state index contributed by atoms with van der Waals surface area (Å²) >= 11 is 0. The smallest absolute Gasteiger partial charge is 0.0830 e. The van der Waals surface area contributed by atoms with Gasteiger partial charge in [-0.05, 0) is 43.4 Å². The predicted molar refractivity (Wildman–Crippen MR) is 70.8 cm³/mol. The van der Waals surface area contributed by atoms with E-state index in [1.807, 2.05) is 10.7 Å². The van der Waals surface area contributed by atoms with Crippen LogP contribution < -0.4 is 5.32 Å². The maximum Gasteiger partial charge on any atom is 0.0830 e. The van der Waals surface area contributed by atoms with Crippen LogP contribution in [0.2, 0.25) is 0 Å². The Morgan fingerprint density at radius 3 is 2.94 bits per heavy atom. The SMILES string of the molecule is c1ccc(-n2cc3c(n2)C2CCCC(C3)N2)cc1. The predicted octanol–water partition coefficient (Wildman–Crippen LogP) is 2.61. The van der Waals surface area contributed by atoms with Gasteiger partial charge in [0.2, 0.25) is 0 Å². The van der Waals surface area contributed by atoms with Crippen molar-refractivity contribution >= 4 is 0 Å². The van der Waals surface area contributed by atoms with Crippen LogP contribution in [0.5, 0.6) is 0 Å². The molecule has 0 saturated carbocycles. The first-order chi connectivity index (χ1) is 8.90. The standard InChI is InChI=1S/C15H17N3/c1-2-6-13(7-3-1)18-10-11-9-12-5-4-8-14(16-12)15(11)17-18/h1-3,6-7,10,12,14,16H,4-5,8-9H2. The van der Waals surface area contributed by atoms with Gasteiger partial charge in [0.15, 0.2) is 0 Å². The van der Waals surface area contributed by atoms with Gasteiger partial charge in [-0.2, -0.15) is 5.10 Å². The molecule has 1 aromatic heterocycles. The summed E-state index contributed by atoms with van der Waals surface area (Å²) in [5.74, 6) is 0. The number of piperidine rings is 1. The van der Waals surface area contributed by atoms with E-state index in [1.54, 1.807) is 0 Å². The molecule has 2 aliphatic rings. The molecule has 3 nitrogen and oxygen atoms in total. The number of nitrogens with one attached hydrogen (secondary N) is 1. The maximum absolute atomic E-state index is 4.80. The van der Waals surface area contributed by atoms with Crippen molar-refractivity contribution in [1.29, 1.82) is 0 Å². The zero-order valence-corrected chi connectivity index (χ0v) is 10.3. The van der Waals surface area contributed by atoms with Crippen LogP contribution in [0.4, 0.5) is 0 Å². The second-order valence-electron chi connectivity index (χ2n) is 5.37. The van der Waals surface area contributed by atoms with Crippen molar-refractivity contribution in [1.82, 2.24) is 15.1 Å². The van der Waals surface area contributed by atoms with Crippen molar-refractivity contribution in [3.63, 3.8) is 0 Å². The largest absolute Gasteiger partial charge is 0.305 e. The zero-order valence-electron chi connectivity index (χ0n) is 10.3. The average Bonchev–Trinajstić information content (AvgIpc) is 2.84. The van der Waals surface area contributed by atoms with E-state index < -0.39 is 0 Å². The number of rotatable bonds is 1. The van der Waals surface area contributed by atoms with Gasteiger partial charge in [0.05, 0.1) is 17.4 Å². The van der Waals surface area contributed by atoms with Gasteiger partial charge in [0.25, 0.3) is 0 Å². The molecule has 1 fully saturated rings. The number of nitrogens with zero attached hydrogens (tertiary/aromatic N) is 2. The minimum Gasteiger partial charge on any atom is -0.305 e. The lowest BCUT2D eigenvalue weighted by Crippen LogP contribution is -2.42. The van der Waals surface area contributed by atoms with Crippen molar-refractivity contribution in [2.24, 2.45) is 0 Å². The van der Waals surface area contributed by atoms with E-state index in [4.69, 9.17) is 5.10 Å². The normalized spacial score (nSPS) is 25.8. The lowest BCUT2D eigenvalue weighted by Gasteiger charge is -2.34. The molecular formula is C15H17N3. The zero-order chi connectivity index (χ0) is 11.9. The number of hydrogen-bond acceptors (Lipinski definition) is 2. The Morgan fingerprint density at radius 2 is 2.06 bits per heavy atom. The van der Waals surface area contributed by atoms with Gasteiger partial charge in [0.1, 0.15) is 0 Å². The Hall–Kier alpha value is -1.61. The van der Waals surface area contributed by atoms with Crippen molar-refractivity contribution in [2.75, 3.05) is 0 Å². The minimum absolute atomic E-state index is 0.484. The lowest BCUT2D eigenvalue weighted by molar-refractivity contribution is 0.298. The molecule has 0 radical (unpaired) electrons. The summed E-state index contributed by atoms with van der Waals surface area (Å²) in [6.07, 6.45) is 7.23. The molecule has 3 heteroatoms. The topological polar surface area (TPSA) is 29.9 Å². The lowest BCUT2D eigenvalue weighted by atomic mass is 9.86. The fourth-order valence-electron chi connectivity index (χ4n) is 3.25. The maximum atomic E-state index is 4.80. The molecule has 1 saturated heterocycles. The van der Waals surface area contributed by atoms with E-state index >= 15 is 0 Å². The number of benzene rings is 1. The van der Waals surface area contributed by atoms with Gasteiger partial charge < -0.3 is 5.32 Å². The highest BCUT2D eigenvalue weighted by Gasteiger charge is 2.32. The first kappa shape index (κ1) is 10.3. The van der Waals surface area contributed by atoms with Crippen LogP contribution in [0.15, 0.2) is 36.5 Å². The Bertz CT molecular complexity index is 558. The summed E-state index contributed by atoms with van der Waals surface area (Å²) in [6, 6.07) is 11.5. The van der Waals surface area contributed by atoms with Crippen molar-refractivity contribution in [2.45, 2.75) is 37.8 Å². The molecule has 0 spiro atoms. The Balaban J connectivity index is 1.77. The van der Waals surface area contributed by atoms with Gasteiger partial charge in [-0.1, -0.05) is 18.2 Å². The highest BCUT2D eigenvalue weighted by atomic mass is 15.3. The van der Waals surface area contributed by atoms with E-state index in [0.717, 1.165) is 12.1 Å². The summed E-state index contributed by atoms with van der Waals surface area (Å²) in [5, 5.41) is 8.49. The van der Waals surface area contributed by atoms with Crippen LogP contribution in [0.25, 0.3) is 5.69 Å². The quantitative estimate of drug-likeness (QED) is 0.829. The molecule has 2 atom stereocenters. The molecule has 92 valence electrons. The molecule has 2 bridgehead atoms. The highest BCUT2D eigenvalue weighted by Crippen LogP contribution is 2.33. The van der Waals surface area contributed by atoms with Gasteiger partial charge >= 0.3 is 0 Å². The second kappa shape index (κ2) is 3.95. The highest BCUT2D eigenvalue weighted by molar-refractivity contribution is 5.35. The summed E-state index contributed by atoms with van der Waals surface area (Å²) < 4.78 is 2.03. The summed E-state index contributed by atoms with van der Waals surface area (Å²) in [4.78, 5) is 0. The van der Waals surface area contributed by atoms with Crippen molar-refractivity contribution < 1.29 is 0 Å². The van der Waals surface area contributed by atoms with E-state index in [2.05, 4.69) is 35.8 Å². The fraction of sp³-hybridized carbons (Fsp3) is 0.400. The monoisotopic (exact) mass is 239 g/mol. The number of hydrogen-bond donors (Lipinski definition) is 1. The molecule has 2 unspecified atom stereocenters. The van der Waals surface area contributed by atoms with E-state index in [1.165, 1.54) is 30.5 Å². The molecule has 2 aliphatic heterocycles. The van der Waals surface area contributed by atoms with Crippen LogP contribution in [0, 0.1) is 0 Å². The number of para-hydroxylation sites is 1. The first-order valence-corrected chi connectivity index (χ1v) is 6.80. The number of fused-ring (bicyclic) bond motifs is 4. The number of aromatic nitrogens is 2. The summed E-state index contributed by atoms with van der Waals surface area (Å²) in [6.45, 7) is 0. The fourth-order valence-corrected chi connectivity index (χ4v) is 3.25. The molecule has 1 aromatic carbocycles. The van der Waals surface area contributed by atoms with E-state index in [9.17, 15) is 0 Å². The summed E-state index contributed by atoms with van der Waals surface area (Å²) in [7, 11) is 0. The van der Waals surface area contributed by atoms with Gasteiger partial charge in [0, 0.05) is 12.2 Å². The Kier molecular flexibility index (Phi) is 2.27. The Morgan fingerprint density at radius 1 is 1.17 bits per heavy atom. The molecule has 2 aromatic rings. The van der Waals surface area contributed by atoms with Crippen LogP contribution in [-0.2, 0) is 6.42 Å². The third-order valence-corrected chi connectivity index (χ3v) is 4.12. The third-order valence-electron chi connectivity index (χ3n) is 4.12. The molecule has 1 N–H and O–H groups in total. The van der Waals surface area contributed by atoms with Crippen molar-refractivity contribution in [3.8, 4) is 5.69 Å². The van der Waals surface area contributed by atoms with E-state index in [0.29, 0.717) is 12.1 Å². The van der Waals surface area contributed by atoms with Crippen LogP contribution in [-0.4, -0.2) is 15.8 Å². The third kappa shape index (κ3) is 1.58. The van der Waals surface area contributed by atoms with Crippen LogP contribution in [0.3, 0.4) is 0 Å². The van der Waals surface area contributed by atoms with Gasteiger partial charge in [-0.3, -0.25) is 0 Å². The Labute approximate surface area is 107 Å². The van der Waals surface area contributed by atoms with Gasteiger partial charge in [-0.25, -0.2) is 4.68 Å². The molecule has 3 heterocycles. The molecule has 18 heavy (non-hydrogen) atoms. The molecule has 4 rings (SSSR count). The minimum atomic E-state index is 0.484. The van der Waals surface area contributed by atoms with Crippen LogP contribution >= 0.6 is 0 Å². The van der Waals surface area contributed by atoms with Crippen molar-refractivity contribution in [3.05, 3.63) is 47.8 Å². The molecule has 0 aliphatic carbocycles. The summed E-state index contributed by atoms with van der Waals surface area (Å²) in [5.41, 5.74) is 3.86. The molecular weight excluding hydrogens is 222 g/mol. The molecule has 0 amide bonds. The van der Waals surface area contributed by atoms with Crippen LogP contribution in [0.1, 0.15) is 36.6 Å².